The first-order valence-corrected chi connectivity index (χ1v) is 7.63. The van der Waals surface area contributed by atoms with Crippen molar-refractivity contribution in [2.24, 2.45) is 5.92 Å². The standard InChI is InChI=1S/C14H17IN2O2/c1-2-16-14(19)11-8-12(18)17(13(11)15)9-10-6-4-3-5-7-10/h3-7,11,13H,2,8-9H2,1H3,(H,16,19). The van der Waals surface area contributed by atoms with Gasteiger partial charge >= 0.3 is 0 Å². The first-order chi connectivity index (χ1) is 9.13. The van der Waals surface area contributed by atoms with Crippen LogP contribution in [-0.2, 0) is 16.1 Å². The van der Waals surface area contributed by atoms with Gasteiger partial charge in [-0.05, 0) is 12.5 Å². The summed E-state index contributed by atoms with van der Waals surface area (Å²) in [4.78, 5) is 25.7. The molecule has 0 bridgehead atoms. The van der Waals surface area contributed by atoms with Crippen LogP contribution in [0.5, 0.6) is 0 Å². The maximum Gasteiger partial charge on any atom is 0.226 e. The number of alkyl halides is 1. The van der Waals surface area contributed by atoms with Gasteiger partial charge in [0.2, 0.25) is 11.8 Å². The first-order valence-electron chi connectivity index (χ1n) is 6.38. The lowest BCUT2D eigenvalue weighted by atomic mass is 10.1. The van der Waals surface area contributed by atoms with Gasteiger partial charge in [-0.3, -0.25) is 9.59 Å². The molecule has 2 atom stereocenters. The molecule has 2 rings (SSSR count). The Hall–Kier alpha value is -1.11. The predicted molar refractivity (Wildman–Crippen MR) is 81.6 cm³/mol. The van der Waals surface area contributed by atoms with E-state index in [9.17, 15) is 9.59 Å². The summed E-state index contributed by atoms with van der Waals surface area (Å²) in [5.41, 5.74) is 1.09. The van der Waals surface area contributed by atoms with Crippen LogP contribution in [0.2, 0.25) is 0 Å². The minimum atomic E-state index is -0.239. The van der Waals surface area contributed by atoms with Crippen molar-refractivity contribution in [3.8, 4) is 0 Å². The molecule has 1 aliphatic rings. The Bertz CT molecular complexity index is 464. The molecule has 0 radical (unpaired) electrons. The van der Waals surface area contributed by atoms with Crippen molar-refractivity contribution in [1.82, 2.24) is 10.2 Å². The highest BCUT2D eigenvalue weighted by Crippen LogP contribution is 2.31. The summed E-state index contributed by atoms with van der Waals surface area (Å²) >= 11 is 2.20. The molecule has 1 saturated heterocycles. The second-order valence-corrected chi connectivity index (χ2v) is 5.86. The number of halogens is 1. The smallest absolute Gasteiger partial charge is 0.226 e. The van der Waals surface area contributed by atoms with E-state index in [-0.39, 0.29) is 21.8 Å². The number of amides is 2. The fraction of sp³-hybridized carbons (Fsp3) is 0.429. The van der Waals surface area contributed by atoms with E-state index in [1.807, 2.05) is 37.3 Å². The van der Waals surface area contributed by atoms with Gasteiger partial charge in [0.1, 0.15) is 0 Å². The summed E-state index contributed by atoms with van der Waals surface area (Å²) in [7, 11) is 0. The van der Waals surface area contributed by atoms with Gasteiger partial charge in [0.05, 0.1) is 9.97 Å². The van der Waals surface area contributed by atoms with Gasteiger partial charge in [0.25, 0.3) is 0 Å². The molecule has 0 saturated carbocycles. The van der Waals surface area contributed by atoms with Crippen LogP contribution in [0, 0.1) is 5.92 Å². The molecule has 1 aliphatic heterocycles. The van der Waals surface area contributed by atoms with Crippen LogP contribution in [0.15, 0.2) is 30.3 Å². The summed E-state index contributed by atoms with van der Waals surface area (Å²) in [6.07, 6.45) is 0.312. The molecule has 5 heteroatoms. The second kappa shape index (κ2) is 6.36. The zero-order valence-corrected chi connectivity index (χ0v) is 13.0. The van der Waals surface area contributed by atoms with Crippen LogP contribution < -0.4 is 5.32 Å². The molecule has 1 fully saturated rings. The van der Waals surface area contributed by atoms with E-state index in [2.05, 4.69) is 27.9 Å². The monoisotopic (exact) mass is 372 g/mol. The fourth-order valence-electron chi connectivity index (χ4n) is 2.24. The summed E-state index contributed by atoms with van der Waals surface area (Å²) in [6.45, 7) is 3.06. The third-order valence-electron chi connectivity index (χ3n) is 3.23. The SMILES string of the molecule is CCNC(=O)C1CC(=O)N(Cc2ccccc2)C1I. The number of likely N-dealkylation sites (tertiary alicyclic amines) is 1. The number of rotatable bonds is 4. The molecule has 1 N–H and O–H groups in total. The van der Waals surface area contributed by atoms with Crippen molar-refractivity contribution in [3.63, 3.8) is 0 Å². The Morgan fingerprint density at radius 1 is 1.42 bits per heavy atom. The fourth-order valence-corrected chi connectivity index (χ4v) is 3.32. The highest BCUT2D eigenvalue weighted by atomic mass is 127. The van der Waals surface area contributed by atoms with Gasteiger partial charge in [-0.1, -0.05) is 52.9 Å². The molecule has 0 spiro atoms. The van der Waals surface area contributed by atoms with E-state index in [4.69, 9.17) is 0 Å². The van der Waals surface area contributed by atoms with E-state index < -0.39 is 0 Å². The zero-order valence-electron chi connectivity index (χ0n) is 10.8. The first kappa shape index (κ1) is 14.3. The predicted octanol–water partition coefficient (Wildman–Crippen LogP) is 1.93. The van der Waals surface area contributed by atoms with Crippen LogP contribution in [0.4, 0.5) is 0 Å². The van der Waals surface area contributed by atoms with Crippen molar-refractivity contribution in [2.45, 2.75) is 23.9 Å². The van der Waals surface area contributed by atoms with Gasteiger partial charge < -0.3 is 10.2 Å². The quantitative estimate of drug-likeness (QED) is 0.499. The second-order valence-electron chi connectivity index (χ2n) is 4.59. The molecule has 1 heterocycles. The third-order valence-corrected chi connectivity index (χ3v) is 4.77. The van der Waals surface area contributed by atoms with E-state index in [0.29, 0.717) is 19.5 Å². The Morgan fingerprint density at radius 3 is 2.74 bits per heavy atom. The Balaban J connectivity index is 2.06. The summed E-state index contributed by atoms with van der Waals surface area (Å²) in [5.74, 6) is -0.206. The van der Waals surface area contributed by atoms with Crippen LogP contribution >= 0.6 is 22.6 Å². The molecule has 1 aromatic carbocycles. The number of nitrogens with zero attached hydrogens (tertiary/aromatic N) is 1. The van der Waals surface area contributed by atoms with Crippen LogP contribution in [0.3, 0.4) is 0 Å². The van der Waals surface area contributed by atoms with Crippen LogP contribution in [0.25, 0.3) is 0 Å². The Morgan fingerprint density at radius 2 is 2.11 bits per heavy atom. The van der Waals surface area contributed by atoms with Crippen molar-refractivity contribution in [2.75, 3.05) is 6.54 Å². The zero-order chi connectivity index (χ0) is 13.8. The normalized spacial score (nSPS) is 22.6. The van der Waals surface area contributed by atoms with Gasteiger partial charge in [-0.25, -0.2) is 0 Å². The highest BCUT2D eigenvalue weighted by molar-refractivity contribution is 14.1. The van der Waals surface area contributed by atoms with Crippen LogP contribution in [-0.4, -0.2) is 27.3 Å². The number of carbonyl (C=O) groups excluding carboxylic acids is 2. The topological polar surface area (TPSA) is 49.4 Å². The lowest BCUT2D eigenvalue weighted by molar-refractivity contribution is -0.129. The average molecular weight is 372 g/mol. The molecule has 19 heavy (non-hydrogen) atoms. The van der Waals surface area contributed by atoms with Crippen molar-refractivity contribution >= 4 is 34.4 Å². The molecule has 1 aromatic rings. The molecule has 0 aromatic heterocycles. The van der Waals surface area contributed by atoms with Gasteiger partial charge in [0.15, 0.2) is 0 Å². The third kappa shape index (κ3) is 3.26. The van der Waals surface area contributed by atoms with E-state index in [1.54, 1.807) is 4.90 Å². The number of hydrogen-bond acceptors (Lipinski definition) is 2. The van der Waals surface area contributed by atoms with Crippen LogP contribution in [0.1, 0.15) is 18.9 Å². The molecule has 0 aliphatic carbocycles. The molecule has 2 unspecified atom stereocenters. The van der Waals surface area contributed by atoms with Gasteiger partial charge in [0, 0.05) is 19.5 Å². The summed E-state index contributed by atoms with van der Waals surface area (Å²) in [6, 6.07) is 9.86. The molecular weight excluding hydrogens is 355 g/mol. The number of benzene rings is 1. The highest BCUT2D eigenvalue weighted by Gasteiger charge is 2.41. The number of carbonyl (C=O) groups is 2. The van der Waals surface area contributed by atoms with Crippen molar-refractivity contribution in [1.29, 1.82) is 0 Å². The minimum absolute atomic E-state index is 0.0224. The summed E-state index contributed by atoms with van der Waals surface area (Å²) < 4.78 is -0.0724. The van der Waals surface area contributed by atoms with E-state index >= 15 is 0 Å². The Labute approximate surface area is 126 Å². The number of nitrogens with one attached hydrogen (secondary N) is 1. The number of hydrogen-bond donors (Lipinski definition) is 1. The lowest BCUT2D eigenvalue weighted by Gasteiger charge is -2.23. The van der Waals surface area contributed by atoms with Crippen molar-refractivity contribution < 1.29 is 9.59 Å². The largest absolute Gasteiger partial charge is 0.356 e. The van der Waals surface area contributed by atoms with Gasteiger partial charge in [-0.2, -0.15) is 0 Å². The summed E-state index contributed by atoms with van der Waals surface area (Å²) in [5, 5.41) is 2.80. The van der Waals surface area contributed by atoms with Crippen molar-refractivity contribution in [3.05, 3.63) is 35.9 Å². The van der Waals surface area contributed by atoms with Gasteiger partial charge in [-0.15, -0.1) is 0 Å². The molecule has 102 valence electrons. The van der Waals surface area contributed by atoms with E-state index in [1.165, 1.54) is 0 Å². The molecule has 4 nitrogen and oxygen atoms in total. The average Bonchev–Trinajstić information content (AvgIpc) is 2.68. The Kier molecular flexibility index (Phi) is 4.79. The molecular formula is C14H17IN2O2. The maximum absolute atomic E-state index is 12.0. The van der Waals surface area contributed by atoms with E-state index in [0.717, 1.165) is 5.56 Å². The maximum atomic E-state index is 12.0. The molecule has 2 amide bonds. The lowest BCUT2D eigenvalue weighted by Crippen LogP contribution is -2.37. The minimum Gasteiger partial charge on any atom is -0.356 e.